The summed E-state index contributed by atoms with van der Waals surface area (Å²) in [7, 11) is 0. The summed E-state index contributed by atoms with van der Waals surface area (Å²) < 4.78 is 11.3. The molecule has 152 valence electrons. The van der Waals surface area contributed by atoms with Gasteiger partial charge in [-0.25, -0.2) is 0 Å². The van der Waals surface area contributed by atoms with Crippen molar-refractivity contribution in [3.05, 3.63) is 82.2 Å². The van der Waals surface area contributed by atoms with Crippen LogP contribution < -0.4 is 0 Å². The summed E-state index contributed by atoms with van der Waals surface area (Å²) in [6, 6.07) is 19.6. The fraction of sp³-hybridized carbons (Fsp3) is 0.409. The van der Waals surface area contributed by atoms with E-state index in [9.17, 15) is 4.79 Å². The largest absolute Gasteiger partial charge is 0.460 e. The zero-order valence-corrected chi connectivity index (χ0v) is 16.4. The van der Waals surface area contributed by atoms with Gasteiger partial charge in [-0.15, -0.1) is 0 Å². The average molecular weight is 394 g/mol. The smallest absolute Gasteiger partial charge is 0.320 e. The van der Waals surface area contributed by atoms with Crippen LogP contribution in [-0.2, 0) is 27.4 Å². The molecule has 0 saturated carbocycles. The summed E-state index contributed by atoms with van der Waals surface area (Å²) in [5.41, 5.74) is 10.7. The molecule has 2 aromatic carbocycles. The molecule has 29 heavy (non-hydrogen) atoms. The van der Waals surface area contributed by atoms with Crippen LogP contribution in [0.5, 0.6) is 0 Å². The Labute approximate surface area is 170 Å². The van der Waals surface area contributed by atoms with Crippen LogP contribution in [0, 0.1) is 0 Å². The number of hydrogen-bond acceptors (Lipinski definition) is 5. The Hall–Kier alpha value is -2.86. The standard InChI is InChI=1S/C22H26N4O3/c23-25-24-20-11-12-21(28-17-20)14-26(13-18-7-3-1-4-8-18)15-22(27)29-16-19-9-5-2-6-10-19/h1-10,20-21H,11-17H2/t20?,21-/m0/s1. The highest BCUT2D eigenvalue weighted by molar-refractivity contribution is 5.71. The number of carbonyl (C=O) groups excluding carboxylic acids is 1. The first kappa shape index (κ1) is 20.9. The molecule has 1 aliphatic heterocycles. The van der Waals surface area contributed by atoms with E-state index in [0.717, 1.165) is 24.0 Å². The van der Waals surface area contributed by atoms with Crippen LogP contribution in [0.3, 0.4) is 0 Å². The second kappa shape index (κ2) is 11.2. The van der Waals surface area contributed by atoms with E-state index in [2.05, 4.69) is 14.9 Å². The van der Waals surface area contributed by atoms with Crippen LogP contribution in [0.1, 0.15) is 24.0 Å². The zero-order valence-electron chi connectivity index (χ0n) is 16.4. The third-order valence-corrected chi connectivity index (χ3v) is 4.87. The van der Waals surface area contributed by atoms with E-state index in [1.165, 1.54) is 0 Å². The first-order valence-electron chi connectivity index (χ1n) is 9.84. The Morgan fingerprint density at radius 2 is 1.79 bits per heavy atom. The summed E-state index contributed by atoms with van der Waals surface area (Å²) in [6.45, 7) is 2.15. The topological polar surface area (TPSA) is 87.5 Å². The van der Waals surface area contributed by atoms with Crippen LogP contribution in [0.15, 0.2) is 65.8 Å². The summed E-state index contributed by atoms with van der Waals surface area (Å²) in [6.07, 6.45) is 1.60. The van der Waals surface area contributed by atoms with Gasteiger partial charge in [0.15, 0.2) is 0 Å². The van der Waals surface area contributed by atoms with Crippen molar-refractivity contribution in [2.75, 3.05) is 19.7 Å². The molecule has 0 spiro atoms. The fourth-order valence-corrected chi connectivity index (χ4v) is 3.38. The van der Waals surface area contributed by atoms with Crippen molar-refractivity contribution in [1.82, 2.24) is 4.90 Å². The minimum absolute atomic E-state index is 0.00535. The Morgan fingerprint density at radius 3 is 2.41 bits per heavy atom. The van der Waals surface area contributed by atoms with Gasteiger partial charge in [0.2, 0.25) is 0 Å². The normalized spacial score (nSPS) is 18.8. The molecule has 0 aliphatic carbocycles. The summed E-state index contributed by atoms with van der Waals surface area (Å²) in [4.78, 5) is 17.4. The van der Waals surface area contributed by atoms with Gasteiger partial charge in [-0.2, -0.15) is 0 Å². The average Bonchev–Trinajstić information content (AvgIpc) is 2.75. The van der Waals surface area contributed by atoms with Crippen molar-refractivity contribution >= 4 is 5.97 Å². The molecule has 1 aliphatic rings. The lowest BCUT2D eigenvalue weighted by Crippen LogP contribution is -2.40. The Bertz CT molecular complexity index is 801. The lowest BCUT2D eigenvalue weighted by atomic mass is 10.0. The number of carbonyl (C=O) groups is 1. The maximum absolute atomic E-state index is 12.4. The number of benzene rings is 2. The number of ether oxygens (including phenoxy) is 2. The van der Waals surface area contributed by atoms with Crippen molar-refractivity contribution in [2.45, 2.75) is 38.1 Å². The van der Waals surface area contributed by atoms with Gasteiger partial charge in [0.1, 0.15) is 6.61 Å². The maximum atomic E-state index is 12.4. The molecule has 3 rings (SSSR count). The predicted octanol–water partition coefficient (Wildman–Crippen LogP) is 4.09. The molecule has 0 bridgehead atoms. The van der Waals surface area contributed by atoms with Crippen molar-refractivity contribution < 1.29 is 14.3 Å². The Morgan fingerprint density at radius 1 is 1.10 bits per heavy atom. The molecule has 7 nitrogen and oxygen atoms in total. The molecule has 7 heteroatoms. The van der Waals surface area contributed by atoms with E-state index in [1.54, 1.807) is 0 Å². The van der Waals surface area contributed by atoms with Crippen molar-refractivity contribution in [3.8, 4) is 0 Å². The highest BCUT2D eigenvalue weighted by atomic mass is 16.5. The van der Waals surface area contributed by atoms with Gasteiger partial charge in [-0.05, 0) is 29.5 Å². The SMILES string of the molecule is [N-]=[N+]=NC1CC[C@@H](CN(CC(=O)OCc2ccccc2)Cc2ccccc2)OC1. The minimum atomic E-state index is -0.257. The summed E-state index contributed by atoms with van der Waals surface area (Å²) in [5, 5.41) is 3.73. The molecular formula is C22H26N4O3. The summed E-state index contributed by atoms with van der Waals surface area (Å²) >= 11 is 0. The third-order valence-electron chi connectivity index (χ3n) is 4.87. The first-order chi connectivity index (χ1) is 14.2. The Kier molecular flexibility index (Phi) is 8.07. The van der Waals surface area contributed by atoms with Gasteiger partial charge in [0.25, 0.3) is 0 Å². The van der Waals surface area contributed by atoms with Crippen molar-refractivity contribution in [3.63, 3.8) is 0 Å². The van der Waals surface area contributed by atoms with Gasteiger partial charge >= 0.3 is 5.97 Å². The fourth-order valence-electron chi connectivity index (χ4n) is 3.38. The number of esters is 1. The highest BCUT2D eigenvalue weighted by Crippen LogP contribution is 2.18. The molecule has 1 saturated heterocycles. The van der Waals surface area contributed by atoms with Gasteiger partial charge in [0.05, 0.1) is 25.3 Å². The number of nitrogens with zero attached hydrogens (tertiary/aromatic N) is 4. The first-order valence-corrected chi connectivity index (χ1v) is 9.84. The lowest BCUT2D eigenvalue weighted by Gasteiger charge is -2.31. The van der Waals surface area contributed by atoms with Gasteiger partial charge in [-0.1, -0.05) is 65.8 Å². The van der Waals surface area contributed by atoms with Crippen LogP contribution in [0.2, 0.25) is 0 Å². The molecule has 1 fully saturated rings. The third kappa shape index (κ3) is 7.23. The monoisotopic (exact) mass is 394 g/mol. The van der Waals surface area contributed by atoms with E-state index in [-0.39, 0.29) is 31.3 Å². The van der Waals surface area contributed by atoms with Crippen molar-refractivity contribution in [1.29, 1.82) is 0 Å². The van der Waals surface area contributed by atoms with E-state index >= 15 is 0 Å². The van der Waals surface area contributed by atoms with Gasteiger partial charge < -0.3 is 9.47 Å². The van der Waals surface area contributed by atoms with Gasteiger partial charge in [0, 0.05) is 18.0 Å². The molecule has 0 aromatic heterocycles. The zero-order chi connectivity index (χ0) is 20.3. The second-order valence-electron chi connectivity index (χ2n) is 7.19. The molecule has 2 aromatic rings. The highest BCUT2D eigenvalue weighted by Gasteiger charge is 2.24. The minimum Gasteiger partial charge on any atom is -0.460 e. The molecular weight excluding hydrogens is 368 g/mol. The van der Waals surface area contributed by atoms with Crippen LogP contribution in [0.25, 0.3) is 10.4 Å². The quantitative estimate of drug-likeness (QED) is 0.277. The van der Waals surface area contributed by atoms with E-state index < -0.39 is 0 Å². The predicted molar refractivity (Wildman–Crippen MR) is 110 cm³/mol. The van der Waals surface area contributed by atoms with Crippen LogP contribution >= 0.6 is 0 Å². The molecule has 0 amide bonds. The van der Waals surface area contributed by atoms with Gasteiger partial charge in [-0.3, -0.25) is 9.69 Å². The molecule has 1 unspecified atom stereocenters. The molecule has 0 N–H and O–H groups in total. The lowest BCUT2D eigenvalue weighted by molar-refractivity contribution is -0.147. The molecule has 1 heterocycles. The molecule has 0 radical (unpaired) electrons. The maximum Gasteiger partial charge on any atom is 0.320 e. The van der Waals surface area contributed by atoms with E-state index in [1.807, 2.05) is 60.7 Å². The van der Waals surface area contributed by atoms with Crippen LogP contribution in [0.4, 0.5) is 0 Å². The number of azide groups is 1. The van der Waals surface area contributed by atoms with E-state index in [4.69, 9.17) is 15.0 Å². The molecule has 2 atom stereocenters. The Balaban J connectivity index is 1.55. The number of rotatable bonds is 9. The number of hydrogen-bond donors (Lipinski definition) is 0. The van der Waals surface area contributed by atoms with Crippen LogP contribution in [-0.4, -0.2) is 42.7 Å². The summed E-state index contributed by atoms with van der Waals surface area (Å²) in [5.74, 6) is -0.257. The van der Waals surface area contributed by atoms with E-state index in [0.29, 0.717) is 19.7 Å². The second-order valence-corrected chi connectivity index (χ2v) is 7.19. The van der Waals surface area contributed by atoms with Crippen molar-refractivity contribution in [2.24, 2.45) is 5.11 Å².